The smallest absolute Gasteiger partial charge is 0.290 e. The molecule has 2 rings (SSSR count). The predicted molar refractivity (Wildman–Crippen MR) is 61.7 cm³/mol. The fraction of sp³-hybridized carbons (Fsp3) is 0.636. The third-order valence-corrected chi connectivity index (χ3v) is 2.82. The van der Waals surface area contributed by atoms with E-state index in [4.69, 9.17) is 4.74 Å². The Labute approximate surface area is 94.5 Å². The van der Waals surface area contributed by atoms with Gasteiger partial charge < -0.3 is 14.6 Å². The Morgan fingerprint density at radius 2 is 2.56 bits per heavy atom. The molecule has 5 heteroatoms. The van der Waals surface area contributed by atoms with Gasteiger partial charge in [-0.25, -0.2) is 4.98 Å². The van der Waals surface area contributed by atoms with E-state index < -0.39 is 0 Å². The van der Waals surface area contributed by atoms with E-state index in [2.05, 4.69) is 9.97 Å². The van der Waals surface area contributed by atoms with Crippen LogP contribution in [0.15, 0.2) is 17.2 Å². The van der Waals surface area contributed by atoms with Gasteiger partial charge in [0.15, 0.2) is 5.82 Å². The number of aromatic amines is 1. The summed E-state index contributed by atoms with van der Waals surface area (Å²) in [6.07, 6.45) is 5.57. The molecular weight excluding hydrogens is 206 g/mol. The first-order chi connectivity index (χ1) is 7.81. The summed E-state index contributed by atoms with van der Waals surface area (Å²) in [4.78, 5) is 20.3. The minimum Gasteiger partial charge on any atom is -0.376 e. The average Bonchev–Trinajstić information content (AvgIpc) is 2.80. The normalized spacial score (nSPS) is 19.9. The molecule has 1 N–H and O–H groups in total. The quantitative estimate of drug-likeness (QED) is 0.819. The van der Waals surface area contributed by atoms with Crippen molar-refractivity contribution in [3.63, 3.8) is 0 Å². The van der Waals surface area contributed by atoms with Crippen molar-refractivity contribution < 1.29 is 4.74 Å². The summed E-state index contributed by atoms with van der Waals surface area (Å²) in [7, 11) is 0. The van der Waals surface area contributed by atoms with Crippen molar-refractivity contribution in [2.45, 2.75) is 25.9 Å². The van der Waals surface area contributed by atoms with Gasteiger partial charge in [0.2, 0.25) is 0 Å². The van der Waals surface area contributed by atoms with Crippen LogP contribution in [-0.4, -0.2) is 35.8 Å². The molecule has 0 amide bonds. The molecule has 0 spiro atoms. The number of nitrogens with one attached hydrogen (secondary N) is 1. The van der Waals surface area contributed by atoms with Crippen molar-refractivity contribution in [1.82, 2.24) is 9.97 Å². The molecule has 2 heterocycles. The zero-order valence-electron chi connectivity index (χ0n) is 9.48. The van der Waals surface area contributed by atoms with Crippen LogP contribution in [0.1, 0.15) is 19.8 Å². The highest BCUT2D eigenvalue weighted by Crippen LogP contribution is 2.14. The number of hydrogen-bond acceptors (Lipinski definition) is 4. The van der Waals surface area contributed by atoms with Crippen molar-refractivity contribution in [2.75, 3.05) is 24.6 Å². The minimum atomic E-state index is -0.137. The molecule has 1 saturated heterocycles. The topological polar surface area (TPSA) is 58.2 Å². The van der Waals surface area contributed by atoms with E-state index in [9.17, 15) is 4.79 Å². The van der Waals surface area contributed by atoms with E-state index in [0.717, 1.165) is 32.5 Å². The molecular formula is C11H17N3O2. The first-order valence-corrected chi connectivity index (χ1v) is 5.71. The van der Waals surface area contributed by atoms with Gasteiger partial charge in [-0.05, 0) is 19.8 Å². The summed E-state index contributed by atoms with van der Waals surface area (Å²) in [6.45, 7) is 4.36. The van der Waals surface area contributed by atoms with Gasteiger partial charge in [0, 0.05) is 32.1 Å². The summed E-state index contributed by atoms with van der Waals surface area (Å²) >= 11 is 0. The minimum absolute atomic E-state index is 0.137. The van der Waals surface area contributed by atoms with Gasteiger partial charge in [-0.1, -0.05) is 0 Å². The molecule has 5 nitrogen and oxygen atoms in total. The first-order valence-electron chi connectivity index (χ1n) is 5.71. The largest absolute Gasteiger partial charge is 0.376 e. The monoisotopic (exact) mass is 223 g/mol. The molecule has 1 fully saturated rings. The Morgan fingerprint density at radius 1 is 1.69 bits per heavy atom. The van der Waals surface area contributed by atoms with Crippen molar-refractivity contribution in [3.8, 4) is 0 Å². The first kappa shape index (κ1) is 11.1. The molecule has 1 aliphatic rings. The molecule has 0 aromatic carbocycles. The van der Waals surface area contributed by atoms with E-state index in [-0.39, 0.29) is 11.7 Å². The standard InChI is InChI=1S/C11H17N3O2/c1-2-14(8-9-4-3-7-16-9)10-11(15)13-6-5-12-10/h5-6,9H,2-4,7-8H2,1H3,(H,13,15). The highest BCUT2D eigenvalue weighted by Gasteiger charge is 2.20. The number of rotatable bonds is 4. The Hall–Kier alpha value is -1.36. The van der Waals surface area contributed by atoms with E-state index in [0.29, 0.717) is 5.82 Å². The fourth-order valence-corrected chi connectivity index (χ4v) is 1.97. The lowest BCUT2D eigenvalue weighted by Crippen LogP contribution is -2.36. The Morgan fingerprint density at radius 3 is 3.19 bits per heavy atom. The van der Waals surface area contributed by atoms with E-state index in [1.54, 1.807) is 12.4 Å². The third kappa shape index (κ3) is 2.41. The number of ether oxygens (including phenoxy) is 1. The van der Waals surface area contributed by atoms with Gasteiger partial charge in [0.05, 0.1) is 6.10 Å². The van der Waals surface area contributed by atoms with Crippen LogP contribution in [0, 0.1) is 0 Å². The molecule has 1 aromatic rings. The summed E-state index contributed by atoms with van der Waals surface area (Å²) in [5.41, 5.74) is -0.137. The van der Waals surface area contributed by atoms with Gasteiger partial charge in [0.1, 0.15) is 0 Å². The van der Waals surface area contributed by atoms with Crippen LogP contribution in [0.4, 0.5) is 5.82 Å². The highest BCUT2D eigenvalue weighted by atomic mass is 16.5. The summed E-state index contributed by atoms with van der Waals surface area (Å²) in [5.74, 6) is 0.487. The molecule has 1 unspecified atom stereocenters. The van der Waals surface area contributed by atoms with E-state index in [1.165, 1.54) is 0 Å². The molecule has 0 aliphatic carbocycles. The number of likely N-dealkylation sites (N-methyl/N-ethyl adjacent to an activating group) is 1. The lowest BCUT2D eigenvalue weighted by Gasteiger charge is -2.23. The van der Waals surface area contributed by atoms with Crippen LogP contribution in [0.5, 0.6) is 0 Å². The van der Waals surface area contributed by atoms with Gasteiger partial charge in [-0.2, -0.15) is 0 Å². The highest BCUT2D eigenvalue weighted by molar-refractivity contribution is 5.35. The number of H-pyrrole nitrogens is 1. The molecule has 16 heavy (non-hydrogen) atoms. The Bertz CT molecular complexity index is 385. The van der Waals surface area contributed by atoms with Crippen LogP contribution < -0.4 is 10.5 Å². The van der Waals surface area contributed by atoms with Gasteiger partial charge >= 0.3 is 0 Å². The van der Waals surface area contributed by atoms with Gasteiger partial charge in [0.25, 0.3) is 5.56 Å². The predicted octanol–water partition coefficient (Wildman–Crippen LogP) is 0.775. The van der Waals surface area contributed by atoms with E-state index in [1.807, 2.05) is 11.8 Å². The second-order valence-electron chi connectivity index (χ2n) is 3.92. The maximum Gasteiger partial charge on any atom is 0.290 e. The number of anilines is 1. The second-order valence-corrected chi connectivity index (χ2v) is 3.92. The summed E-state index contributed by atoms with van der Waals surface area (Å²) in [5, 5.41) is 0. The molecule has 0 radical (unpaired) electrons. The lowest BCUT2D eigenvalue weighted by atomic mass is 10.2. The van der Waals surface area contributed by atoms with Crippen LogP contribution in [0.2, 0.25) is 0 Å². The Kier molecular flexibility index (Phi) is 3.56. The number of nitrogens with zero attached hydrogens (tertiary/aromatic N) is 2. The van der Waals surface area contributed by atoms with Crippen molar-refractivity contribution in [2.24, 2.45) is 0 Å². The van der Waals surface area contributed by atoms with Crippen LogP contribution in [0.25, 0.3) is 0 Å². The molecule has 0 bridgehead atoms. The molecule has 1 atom stereocenters. The molecule has 1 aromatic heterocycles. The van der Waals surface area contributed by atoms with E-state index >= 15 is 0 Å². The zero-order valence-corrected chi connectivity index (χ0v) is 9.48. The zero-order chi connectivity index (χ0) is 11.4. The van der Waals surface area contributed by atoms with Crippen molar-refractivity contribution >= 4 is 5.82 Å². The lowest BCUT2D eigenvalue weighted by molar-refractivity contribution is 0.115. The van der Waals surface area contributed by atoms with Gasteiger partial charge in [-0.3, -0.25) is 4.79 Å². The summed E-state index contributed by atoms with van der Waals surface area (Å²) < 4.78 is 5.56. The second kappa shape index (κ2) is 5.12. The van der Waals surface area contributed by atoms with Crippen molar-refractivity contribution in [3.05, 3.63) is 22.7 Å². The molecule has 0 saturated carbocycles. The number of hydrogen-bond donors (Lipinski definition) is 1. The van der Waals surface area contributed by atoms with Crippen LogP contribution in [0.3, 0.4) is 0 Å². The van der Waals surface area contributed by atoms with Crippen LogP contribution in [-0.2, 0) is 4.74 Å². The van der Waals surface area contributed by atoms with Crippen LogP contribution >= 0.6 is 0 Å². The average molecular weight is 223 g/mol. The number of aromatic nitrogens is 2. The Balaban J connectivity index is 2.09. The van der Waals surface area contributed by atoms with Gasteiger partial charge in [-0.15, -0.1) is 0 Å². The molecule has 88 valence electrons. The third-order valence-electron chi connectivity index (χ3n) is 2.82. The maximum atomic E-state index is 11.6. The maximum absolute atomic E-state index is 11.6. The fourth-order valence-electron chi connectivity index (χ4n) is 1.97. The SMILES string of the molecule is CCN(CC1CCCO1)c1ncc[nH]c1=O. The van der Waals surface area contributed by atoms with Crippen molar-refractivity contribution in [1.29, 1.82) is 0 Å². The molecule has 1 aliphatic heterocycles. The summed E-state index contributed by atoms with van der Waals surface area (Å²) in [6, 6.07) is 0.